The van der Waals surface area contributed by atoms with Crippen molar-refractivity contribution >= 4 is 17.5 Å². The third-order valence-electron chi connectivity index (χ3n) is 3.63. The van der Waals surface area contributed by atoms with Gasteiger partial charge in [-0.1, -0.05) is 17.7 Å². The van der Waals surface area contributed by atoms with Crippen LogP contribution in [0.2, 0.25) is 5.02 Å². The fourth-order valence-electron chi connectivity index (χ4n) is 2.16. The third-order valence-corrected chi connectivity index (χ3v) is 3.92. The van der Waals surface area contributed by atoms with Gasteiger partial charge in [-0.2, -0.15) is 0 Å². The average Bonchev–Trinajstić information content (AvgIpc) is 2.78. The van der Waals surface area contributed by atoms with Crippen molar-refractivity contribution in [2.75, 3.05) is 19.5 Å². The molecule has 7 heteroatoms. The molecule has 0 radical (unpaired) electrons. The first-order valence-corrected chi connectivity index (χ1v) is 8.27. The zero-order valence-electron chi connectivity index (χ0n) is 23.2. The molecular formula is C20H22ClF2N3O. The van der Waals surface area contributed by atoms with Crippen molar-refractivity contribution in [1.82, 2.24) is 15.2 Å². The van der Waals surface area contributed by atoms with Crippen molar-refractivity contribution in [1.29, 1.82) is 0 Å². The van der Waals surface area contributed by atoms with Crippen LogP contribution in [0.4, 0.5) is 8.78 Å². The number of halogens is 3. The molecule has 2 heterocycles. The second-order valence-electron chi connectivity index (χ2n) is 5.83. The maximum atomic E-state index is 16.4. The van der Waals surface area contributed by atoms with Crippen LogP contribution in [0.1, 0.15) is 46.7 Å². The molecule has 0 aliphatic carbocycles. The highest BCUT2D eigenvalue weighted by Gasteiger charge is 2.35. The second kappa shape index (κ2) is 8.31. The van der Waals surface area contributed by atoms with E-state index in [1.165, 1.54) is 12.3 Å². The molecule has 1 saturated heterocycles. The number of hydrogen-bond acceptors (Lipinski definition) is 3. The van der Waals surface area contributed by atoms with Crippen LogP contribution in [0.5, 0.6) is 0 Å². The fraction of sp³-hybridized carbons (Fsp3) is 0.400. The minimum Gasteiger partial charge on any atom is -0.338 e. The lowest BCUT2D eigenvalue weighted by atomic mass is 9.92. The molecule has 4 nitrogen and oxygen atoms in total. The van der Waals surface area contributed by atoms with Crippen molar-refractivity contribution in [3.05, 3.63) is 64.2 Å². The molecule has 0 saturated carbocycles. The maximum absolute atomic E-state index is 16.4. The molecule has 3 rings (SSSR count). The number of carbonyl (C=O) groups excluding carboxylic acids is 1. The number of pyridine rings is 1. The van der Waals surface area contributed by atoms with Gasteiger partial charge in [-0.15, -0.1) is 0 Å². The molecule has 1 fully saturated rings. The van der Waals surface area contributed by atoms with Crippen LogP contribution in [0.15, 0.2) is 36.5 Å². The van der Waals surface area contributed by atoms with Gasteiger partial charge >= 0.3 is 0 Å². The summed E-state index contributed by atoms with van der Waals surface area (Å²) in [5, 5.41) is 1.69. The lowest BCUT2D eigenvalue weighted by Gasteiger charge is -2.36. The summed E-state index contributed by atoms with van der Waals surface area (Å²) in [5.41, 5.74) is -3.64. The van der Waals surface area contributed by atoms with E-state index in [9.17, 15) is 9.18 Å². The smallest absolute Gasteiger partial charge is 0.253 e. The molecule has 1 aliphatic heterocycles. The first-order chi connectivity index (χ1) is 16.3. The second-order valence-corrected chi connectivity index (χ2v) is 6.24. The van der Waals surface area contributed by atoms with Crippen LogP contribution in [0, 0.1) is 12.7 Å². The molecular weight excluding hydrogens is 372 g/mol. The molecule has 0 spiro atoms. The number of likely N-dealkylation sites (tertiary alicyclic amines) is 1. The van der Waals surface area contributed by atoms with E-state index in [1.54, 1.807) is 13.0 Å². The van der Waals surface area contributed by atoms with Gasteiger partial charge in [0.05, 0.1) is 10.7 Å². The van der Waals surface area contributed by atoms with E-state index >= 15 is 4.39 Å². The van der Waals surface area contributed by atoms with Crippen molar-refractivity contribution < 1.29 is 25.9 Å². The molecule has 1 aromatic heterocycles. The van der Waals surface area contributed by atoms with E-state index in [-0.39, 0.29) is 10.6 Å². The number of piperidine rings is 1. The lowest BCUT2D eigenvalue weighted by Crippen LogP contribution is -2.48. The number of aryl methyl sites for hydroxylation is 1. The Hall–Kier alpha value is -2.05. The highest BCUT2D eigenvalue weighted by atomic mass is 35.5. The normalized spacial score (nSPS) is 29.9. The molecule has 27 heavy (non-hydrogen) atoms. The number of alkyl halides is 1. The summed E-state index contributed by atoms with van der Waals surface area (Å²) < 4.78 is 104. The standard InChI is InChI=1S/C20H22ClF2N3O/c1-14-2-4-16(25-11-14)12-24-13-20(23)6-8-26(9-7-20)19(27)15-3-5-18(22)17(21)10-15/h2-5,10-11,24H,6-9,12-13H2,1H3/i6D2,7D2,8D2,9D2,12D. The van der Waals surface area contributed by atoms with Crippen molar-refractivity contribution in [2.24, 2.45) is 0 Å². The zero-order valence-corrected chi connectivity index (χ0v) is 14.9. The van der Waals surface area contributed by atoms with Gasteiger partial charge in [0.15, 0.2) is 0 Å². The van der Waals surface area contributed by atoms with Crippen LogP contribution in [-0.4, -0.2) is 41.0 Å². The minimum atomic E-state index is -3.92. The number of hydrogen-bond donors (Lipinski definition) is 1. The van der Waals surface area contributed by atoms with Crippen LogP contribution in [0.25, 0.3) is 0 Å². The summed E-state index contributed by atoms with van der Waals surface area (Å²) in [6, 6.07) is 5.36. The van der Waals surface area contributed by atoms with Crippen molar-refractivity contribution in [3.63, 3.8) is 0 Å². The maximum Gasteiger partial charge on any atom is 0.253 e. The molecule has 1 N–H and O–H groups in total. The van der Waals surface area contributed by atoms with E-state index < -0.39 is 66.8 Å². The Labute approximate surface area is 175 Å². The number of aromatic nitrogens is 1. The van der Waals surface area contributed by atoms with Crippen molar-refractivity contribution in [3.8, 4) is 0 Å². The fourth-order valence-corrected chi connectivity index (χ4v) is 2.34. The Bertz CT molecular complexity index is 1140. The van der Waals surface area contributed by atoms with Gasteiger partial charge in [-0.05, 0) is 36.8 Å². The van der Waals surface area contributed by atoms with E-state index in [4.69, 9.17) is 23.9 Å². The molecule has 1 aromatic carbocycles. The number of rotatable bonds is 5. The van der Waals surface area contributed by atoms with E-state index in [2.05, 4.69) is 10.3 Å². The monoisotopic (exact) mass is 402 g/mol. The zero-order chi connectivity index (χ0) is 27.5. The molecule has 144 valence electrons. The third kappa shape index (κ3) is 5.02. The Morgan fingerprint density at radius 3 is 2.78 bits per heavy atom. The molecule has 1 amide bonds. The SMILES string of the molecule is [2H]C(NCC1(F)C([2H])([2H])C([2H])([2H])N(C(=O)c2ccc(F)c(Cl)c2)C([2H])([2H])C1([2H])[2H])c1ccc(C)cn1. The van der Waals surface area contributed by atoms with Crippen LogP contribution in [-0.2, 0) is 6.52 Å². The molecule has 1 unspecified atom stereocenters. The summed E-state index contributed by atoms with van der Waals surface area (Å²) in [5.74, 6) is -2.51. The quantitative estimate of drug-likeness (QED) is 0.824. The first kappa shape index (κ1) is 11.1. The number of benzene rings is 1. The Balaban J connectivity index is 2.05. The van der Waals surface area contributed by atoms with E-state index in [0.29, 0.717) is 0 Å². The van der Waals surface area contributed by atoms with Gasteiger partial charge in [0.25, 0.3) is 5.91 Å². The Kier molecular flexibility index (Phi) is 3.41. The molecule has 1 atom stereocenters. The van der Waals surface area contributed by atoms with Gasteiger partial charge in [0, 0.05) is 62.9 Å². The van der Waals surface area contributed by atoms with Gasteiger partial charge in [-0.3, -0.25) is 9.78 Å². The van der Waals surface area contributed by atoms with Crippen LogP contribution < -0.4 is 5.32 Å². The van der Waals surface area contributed by atoms with Crippen LogP contribution >= 0.6 is 11.6 Å². The van der Waals surface area contributed by atoms with Crippen molar-refractivity contribution in [2.45, 2.75) is 31.9 Å². The Morgan fingerprint density at radius 1 is 1.41 bits per heavy atom. The molecule has 0 bridgehead atoms. The summed E-state index contributed by atoms with van der Waals surface area (Å²) in [7, 11) is 0. The Morgan fingerprint density at radius 2 is 2.15 bits per heavy atom. The number of amides is 1. The summed E-state index contributed by atoms with van der Waals surface area (Å²) in [6.07, 6.45) is -6.27. The number of nitrogens with one attached hydrogen (secondary N) is 1. The largest absolute Gasteiger partial charge is 0.338 e. The van der Waals surface area contributed by atoms with Crippen LogP contribution in [0.3, 0.4) is 0 Å². The molecule has 1 aliphatic rings. The van der Waals surface area contributed by atoms with E-state index in [0.717, 1.165) is 23.8 Å². The first-order valence-electron chi connectivity index (χ1n) is 12.5. The summed E-state index contributed by atoms with van der Waals surface area (Å²) >= 11 is 5.65. The predicted molar refractivity (Wildman–Crippen MR) is 101 cm³/mol. The highest BCUT2D eigenvalue weighted by Crippen LogP contribution is 2.27. The number of carbonyl (C=O) groups is 1. The van der Waals surface area contributed by atoms with Gasteiger partial charge in [0.1, 0.15) is 11.5 Å². The topological polar surface area (TPSA) is 45.2 Å². The van der Waals surface area contributed by atoms with E-state index in [1.807, 2.05) is 0 Å². The lowest BCUT2D eigenvalue weighted by molar-refractivity contribution is 0.0434. The highest BCUT2D eigenvalue weighted by molar-refractivity contribution is 6.31. The number of nitrogens with zero attached hydrogens (tertiary/aromatic N) is 2. The summed E-state index contributed by atoms with van der Waals surface area (Å²) in [6.45, 7) is -8.59. The van der Waals surface area contributed by atoms with Gasteiger partial charge in [-0.25, -0.2) is 8.78 Å². The minimum absolute atomic E-state index is 0.0807. The predicted octanol–water partition coefficient (Wildman–Crippen LogP) is 3.92. The van der Waals surface area contributed by atoms with Gasteiger partial charge < -0.3 is 10.2 Å². The summed E-state index contributed by atoms with van der Waals surface area (Å²) in [4.78, 5) is 16.7. The molecule has 2 aromatic rings. The van der Waals surface area contributed by atoms with Gasteiger partial charge in [0.2, 0.25) is 0 Å². The average molecular weight is 403 g/mol.